The first-order valence-corrected chi connectivity index (χ1v) is 8.71. The van der Waals surface area contributed by atoms with Crippen molar-refractivity contribution in [3.63, 3.8) is 0 Å². The Morgan fingerprint density at radius 1 is 1.10 bits per heavy atom. The number of rotatable bonds is 6. The summed E-state index contributed by atoms with van der Waals surface area (Å²) in [5.41, 5.74) is 2.53. The maximum atomic E-state index is 13.3. The molecule has 0 radical (unpaired) electrons. The fourth-order valence-corrected chi connectivity index (χ4v) is 2.57. The number of carbonyl (C=O) groups excluding carboxylic acids is 2. The van der Waals surface area contributed by atoms with Gasteiger partial charge in [-0.25, -0.2) is 4.39 Å². The summed E-state index contributed by atoms with van der Waals surface area (Å²) in [5.74, 6) is -0.770. The maximum absolute atomic E-state index is 13.3. The van der Waals surface area contributed by atoms with E-state index in [1.54, 1.807) is 37.4 Å². The highest BCUT2D eigenvalue weighted by Crippen LogP contribution is 2.23. The molecule has 6 nitrogen and oxygen atoms in total. The number of benzene rings is 2. The number of carbonyl (C=O) groups is 2. The Morgan fingerprint density at radius 3 is 2.48 bits per heavy atom. The molecule has 0 spiro atoms. The van der Waals surface area contributed by atoms with Gasteiger partial charge in [-0.2, -0.15) is 5.10 Å². The van der Waals surface area contributed by atoms with Gasteiger partial charge in [-0.3, -0.25) is 14.3 Å². The van der Waals surface area contributed by atoms with Crippen molar-refractivity contribution < 1.29 is 14.0 Å². The Morgan fingerprint density at radius 2 is 1.83 bits per heavy atom. The Labute approximate surface area is 167 Å². The average Bonchev–Trinajstić information content (AvgIpc) is 3.08. The van der Waals surface area contributed by atoms with Crippen LogP contribution in [-0.4, -0.2) is 21.6 Å². The minimum atomic E-state index is -0.479. The van der Waals surface area contributed by atoms with Crippen molar-refractivity contribution in [2.24, 2.45) is 7.05 Å². The third-order valence-electron chi connectivity index (χ3n) is 4.18. The third-order valence-corrected chi connectivity index (χ3v) is 4.18. The van der Waals surface area contributed by atoms with Crippen LogP contribution in [0.15, 0.2) is 79.4 Å². The van der Waals surface area contributed by atoms with E-state index in [0.717, 1.165) is 5.56 Å². The van der Waals surface area contributed by atoms with Gasteiger partial charge < -0.3 is 10.6 Å². The first-order valence-electron chi connectivity index (χ1n) is 8.71. The highest BCUT2D eigenvalue weighted by Gasteiger charge is 2.12. The Hall–Kier alpha value is -4.00. The zero-order valence-electron chi connectivity index (χ0n) is 15.8. The molecule has 1 heterocycles. The molecule has 3 aromatic rings. The SMILES string of the molecule is C=CC(=C)C(=O)Nc1ccc(-c2cc(NC(=O)c3cccc(F)c3)n(C)n2)cc1. The van der Waals surface area contributed by atoms with Crippen LogP contribution in [-0.2, 0) is 11.8 Å². The van der Waals surface area contributed by atoms with Crippen molar-refractivity contribution in [1.29, 1.82) is 0 Å². The molecular formula is C22H19FN4O2. The second-order valence-corrected chi connectivity index (χ2v) is 6.26. The molecule has 1 aromatic heterocycles. The quantitative estimate of drug-likeness (QED) is 0.490. The van der Waals surface area contributed by atoms with Crippen LogP contribution in [0.2, 0.25) is 0 Å². The highest BCUT2D eigenvalue weighted by molar-refractivity contribution is 6.05. The van der Waals surface area contributed by atoms with Crippen LogP contribution < -0.4 is 10.6 Å². The lowest BCUT2D eigenvalue weighted by Crippen LogP contribution is -2.14. The van der Waals surface area contributed by atoms with E-state index in [-0.39, 0.29) is 17.0 Å². The minimum absolute atomic E-state index is 0.217. The Bertz CT molecular complexity index is 1100. The lowest BCUT2D eigenvalue weighted by atomic mass is 10.1. The predicted molar refractivity (Wildman–Crippen MR) is 111 cm³/mol. The predicted octanol–water partition coefficient (Wildman–Crippen LogP) is 4.16. The highest BCUT2D eigenvalue weighted by atomic mass is 19.1. The van der Waals surface area contributed by atoms with Crippen LogP contribution in [0.4, 0.5) is 15.9 Å². The van der Waals surface area contributed by atoms with E-state index in [9.17, 15) is 14.0 Å². The molecule has 146 valence electrons. The van der Waals surface area contributed by atoms with Gasteiger partial charge in [0.2, 0.25) is 0 Å². The number of anilines is 2. The van der Waals surface area contributed by atoms with E-state index in [1.807, 2.05) is 0 Å². The summed E-state index contributed by atoms with van der Waals surface area (Å²) in [7, 11) is 1.69. The summed E-state index contributed by atoms with van der Waals surface area (Å²) in [6, 6.07) is 14.2. The first kappa shape index (κ1) is 19.8. The van der Waals surface area contributed by atoms with E-state index in [2.05, 4.69) is 28.9 Å². The van der Waals surface area contributed by atoms with Crippen LogP contribution >= 0.6 is 0 Å². The van der Waals surface area contributed by atoms with Crippen LogP contribution in [0.25, 0.3) is 11.3 Å². The fraction of sp³-hybridized carbons (Fsp3) is 0.0455. The first-order chi connectivity index (χ1) is 13.9. The molecule has 0 aliphatic carbocycles. The fourth-order valence-electron chi connectivity index (χ4n) is 2.57. The van der Waals surface area contributed by atoms with Crippen molar-refractivity contribution in [2.75, 3.05) is 10.6 Å². The summed E-state index contributed by atoms with van der Waals surface area (Å²) < 4.78 is 14.8. The van der Waals surface area contributed by atoms with Crippen molar-refractivity contribution >= 4 is 23.3 Å². The van der Waals surface area contributed by atoms with E-state index in [4.69, 9.17) is 0 Å². The van der Waals surface area contributed by atoms with Gasteiger partial charge in [0.25, 0.3) is 11.8 Å². The number of hydrogen-bond donors (Lipinski definition) is 2. The molecule has 2 amide bonds. The van der Waals surface area contributed by atoms with E-state index < -0.39 is 11.7 Å². The van der Waals surface area contributed by atoms with Crippen LogP contribution in [0, 0.1) is 5.82 Å². The summed E-state index contributed by atoms with van der Waals surface area (Å²) in [6.45, 7) is 7.11. The van der Waals surface area contributed by atoms with Crippen molar-refractivity contribution in [1.82, 2.24) is 9.78 Å². The number of halogens is 1. The largest absolute Gasteiger partial charge is 0.322 e. The van der Waals surface area contributed by atoms with Crippen molar-refractivity contribution in [3.8, 4) is 11.3 Å². The van der Waals surface area contributed by atoms with Gasteiger partial charge in [-0.05, 0) is 30.3 Å². The second kappa shape index (κ2) is 8.35. The maximum Gasteiger partial charge on any atom is 0.256 e. The van der Waals surface area contributed by atoms with Crippen LogP contribution in [0.3, 0.4) is 0 Å². The summed E-state index contributed by atoms with van der Waals surface area (Å²) in [5, 5.41) is 9.82. The standard InChI is InChI=1S/C22H19FN4O2/c1-4-14(2)21(28)24-18-10-8-15(9-11-18)19-13-20(27(3)26-19)25-22(29)16-6-5-7-17(23)12-16/h4-13H,1-2H2,3H3,(H,24,28)(H,25,29). The molecule has 0 aliphatic rings. The topological polar surface area (TPSA) is 76.0 Å². The second-order valence-electron chi connectivity index (χ2n) is 6.26. The molecule has 0 atom stereocenters. The molecular weight excluding hydrogens is 371 g/mol. The molecule has 2 N–H and O–H groups in total. The molecule has 0 fully saturated rings. The Kier molecular flexibility index (Phi) is 5.69. The number of amides is 2. The monoisotopic (exact) mass is 390 g/mol. The molecule has 29 heavy (non-hydrogen) atoms. The number of hydrogen-bond acceptors (Lipinski definition) is 3. The summed E-state index contributed by atoms with van der Waals surface area (Å²) in [6.07, 6.45) is 1.39. The summed E-state index contributed by atoms with van der Waals surface area (Å²) in [4.78, 5) is 24.1. The zero-order chi connectivity index (χ0) is 21.0. The zero-order valence-corrected chi connectivity index (χ0v) is 15.8. The molecule has 3 rings (SSSR count). The molecule has 0 saturated carbocycles. The van der Waals surface area contributed by atoms with Gasteiger partial charge >= 0.3 is 0 Å². The van der Waals surface area contributed by atoms with Gasteiger partial charge in [-0.1, -0.05) is 37.4 Å². The van der Waals surface area contributed by atoms with Gasteiger partial charge in [-0.15, -0.1) is 0 Å². The van der Waals surface area contributed by atoms with Crippen LogP contribution in [0.1, 0.15) is 10.4 Å². The molecule has 0 saturated heterocycles. The average molecular weight is 390 g/mol. The van der Waals surface area contributed by atoms with Gasteiger partial charge in [0, 0.05) is 35.5 Å². The third kappa shape index (κ3) is 4.65. The molecule has 0 bridgehead atoms. The normalized spacial score (nSPS) is 10.3. The number of aromatic nitrogens is 2. The number of nitrogens with one attached hydrogen (secondary N) is 2. The van der Waals surface area contributed by atoms with E-state index >= 15 is 0 Å². The molecule has 7 heteroatoms. The van der Waals surface area contributed by atoms with Gasteiger partial charge in [0.05, 0.1) is 5.69 Å². The lowest BCUT2D eigenvalue weighted by molar-refractivity contribution is -0.112. The molecule has 2 aromatic carbocycles. The van der Waals surface area contributed by atoms with Crippen molar-refractivity contribution in [3.05, 3.63) is 90.8 Å². The molecule has 0 aliphatic heterocycles. The number of nitrogens with zero attached hydrogens (tertiary/aromatic N) is 2. The minimum Gasteiger partial charge on any atom is -0.322 e. The van der Waals surface area contributed by atoms with E-state index in [1.165, 1.54) is 35.0 Å². The van der Waals surface area contributed by atoms with Gasteiger partial charge in [0.1, 0.15) is 11.6 Å². The van der Waals surface area contributed by atoms with Crippen LogP contribution in [0.5, 0.6) is 0 Å². The smallest absolute Gasteiger partial charge is 0.256 e. The van der Waals surface area contributed by atoms with Gasteiger partial charge in [0.15, 0.2) is 0 Å². The van der Waals surface area contributed by atoms with E-state index in [0.29, 0.717) is 17.2 Å². The lowest BCUT2D eigenvalue weighted by Gasteiger charge is -2.05. The Balaban J connectivity index is 1.74. The number of aryl methyl sites for hydroxylation is 1. The summed E-state index contributed by atoms with van der Waals surface area (Å²) >= 11 is 0. The molecule has 0 unspecified atom stereocenters. The van der Waals surface area contributed by atoms with Crippen molar-refractivity contribution in [2.45, 2.75) is 0 Å².